The van der Waals surface area contributed by atoms with E-state index < -0.39 is 0 Å². The highest BCUT2D eigenvalue weighted by atomic mass is 79.9. The van der Waals surface area contributed by atoms with Gasteiger partial charge in [0.05, 0.1) is 4.47 Å². The fourth-order valence-corrected chi connectivity index (χ4v) is 1.89. The third-order valence-corrected chi connectivity index (χ3v) is 3.27. The van der Waals surface area contributed by atoms with Crippen molar-refractivity contribution < 1.29 is 0 Å². The third kappa shape index (κ3) is 2.44. The van der Waals surface area contributed by atoms with E-state index in [0.717, 1.165) is 28.7 Å². The number of nitrogens with one attached hydrogen (secondary N) is 1. The van der Waals surface area contributed by atoms with E-state index in [1.165, 1.54) is 12.8 Å². The van der Waals surface area contributed by atoms with E-state index in [1.807, 2.05) is 0 Å². The van der Waals surface area contributed by atoms with E-state index >= 15 is 0 Å². The van der Waals surface area contributed by atoms with Gasteiger partial charge >= 0.3 is 0 Å². The zero-order valence-electron chi connectivity index (χ0n) is 8.20. The maximum absolute atomic E-state index is 4.16. The van der Waals surface area contributed by atoms with Crippen molar-refractivity contribution in [2.45, 2.75) is 19.8 Å². The number of rotatable bonds is 4. The fraction of sp³-hybridized carbons (Fsp3) is 0.600. The Morgan fingerprint density at radius 2 is 2.43 bits per heavy atom. The molecule has 14 heavy (non-hydrogen) atoms. The molecule has 1 fully saturated rings. The topological polar surface area (TPSA) is 37.8 Å². The molecule has 0 saturated heterocycles. The average Bonchev–Trinajstić information content (AvgIpc) is 2.99. The number of halogens is 1. The van der Waals surface area contributed by atoms with Crippen LogP contribution >= 0.6 is 15.9 Å². The van der Waals surface area contributed by atoms with Gasteiger partial charge in [0.1, 0.15) is 12.1 Å². The summed E-state index contributed by atoms with van der Waals surface area (Å²) in [4.78, 5) is 8.08. The summed E-state index contributed by atoms with van der Waals surface area (Å²) < 4.78 is 0.933. The molecular formula is C10H14BrN3. The van der Waals surface area contributed by atoms with Crippen LogP contribution in [0.15, 0.2) is 17.0 Å². The molecule has 1 aromatic heterocycles. The van der Waals surface area contributed by atoms with Gasteiger partial charge in [0.2, 0.25) is 0 Å². The van der Waals surface area contributed by atoms with Crippen LogP contribution in [-0.4, -0.2) is 16.5 Å². The molecule has 0 bridgehead atoms. The molecule has 0 amide bonds. The molecule has 0 aliphatic heterocycles. The number of aromatic nitrogens is 2. The van der Waals surface area contributed by atoms with E-state index in [2.05, 4.69) is 38.1 Å². The average molecular weight is 256 g/mol. The number of hydrogen-bond acceptors (Lipinski definition) is 3. The summed E-state index contributed by atoms with van der Waals surface area (Å²) in [6.07, 6.45) is 6.12. The Kier molecular flexibility index (Phi) is 3.01. The quantitative estimate of drug-likeness (QED) is 0.900. The van der Waals surface area contributed by atoms with Crippen molar-refractivity contribution in [3.63, 3.8) is 0 Å². The Morgan fingerprint density at radius 3 is 3.07 bits per heavy atom. The first-order valence-electron chi connectivity index (χ1n) is 4.96. The van der Waals surface area contributed by atoms with Crippen LogP contribution in [0.2, 0.25) is 0 Å². The monoisotopic (exact) mass is 255 g/mol. The molecule has 0 aromatic carbocycles. The van der Waals surface area contributed by atoms with Crippen LogP contribution in [0.25, 0.3) is 0 Å². The zero-order chi connectivity index (χ0) is 9.97. The predicted octanol–water partition coefficient (Wildman–Crippen LogP) is 2.70. The molecule has 3 nitrogen and oxygen atoms in total. The highest BCUT2D eigenvalue weighted by Gasteiger charge is 2.27. The lowest BCUT2D eigenvalue weighted by atomic mass is 10.1. The van der Waals surface area contributed by atoms with Gasteiger partial charge in [-0.25, -0.2) is 9.97 Å². The summed E-state index contributed by atoms with van der Waals surface area (Å²) in [5, 5.41) is 3.34. The minimum Gasteiger partial charge on any atom is -0.369 e. The smallest absolute Gasteiger partial charge is 0.143 e. The van der Waals surface area contributed by atoms with Gasteiger partial charge in [-0.05, 0) is 40.6 Å². The van der Waals surface area contributed by atoms with Crippen LogP contribution < -0.4 is 5.32 Å². The molecule has 0 spiro atoms. The van der Waals surface area contributed by atoms with E-state index in [9.17, 15) is 0 Å². The van der Waals surface area contributed by atoms with Crippen molar-refractivity contribution in [3.8, 4) is 0 Å². The molecule has 1 heterocycles. The van der Waals surface area contributed by atoms with Crippen LogP contribution in [0, 0.1) is 11.8 Å². The minimum absolute atomic E-state index is 0.747. The third-order valence-electron chi connectivity index (χ3n) is 2.69. The summed E-state index contributed by atoms with van der Waals surface area (Å²) in [6.45, 7) is 3.29. The first-order chi connectivity index (χ1) is 6.77. The minimum atomic E-state index is 0.747. The molecule has 76 valence electrons. The first kappa shape index (κ1) is 9.90. The largest absolute Gasteiger partial charge is 0.369 e. The maximum Gasteiger partial charge on any atom is 0.143 e. The van der Waals surface area contributed by atoms with Gasteiger partial charge in [0.25, 0.3) is 0 Å². The van der Waals surface area contributed by atoms with E-state index in [4.69, 9.17) is 0 Å². The molecular weight excluding hydrogens is 242 g/mol. The summed E-state index contributed by atoms with van der Waals surface area (Å²) in [6, 6.07) is 0. The van der Waals surface area contributed by atoms with Gasteiger partial charge in [0, 0.05) is 12.7 Å². The molecule has 1 N–H and O–H groups in total. The Morgan fingerprint density at radius 1 is 1.64 bits per heavy atom. The van der Waals surface area contributed by atoms with Crippen LogP contribution in [-0.2, 0) is 0 Å². The van der Waals surface area contributed by atoms with Gasteiger partial charge in [-0.15, -0.1) is 0 Å². The molecule has 1 aromatic rings. The van der Waals surface area contributed by atoms with Gasteiger partial charge in [0.15, 0.2) is 0 Å². The van der Waals surface area contributed by atoms with Crippen molar-refractivity contribution in [1.29, 1.82) is 0 Å². The second-order valence-electron chi connectivity index (χ2n) is 3.91. The highest BCUT2D eigenvalue weighted by Crippen LogP contribution is 2.36. The maximum atomic E-state index is 4.16. The summed E-state index contributed by atoms with van der Waals surface area (Å²) in [7, 11) is 0. The van der Waals surface area contributed by atoms with Crippen LogP contribution in [0.4, 0.5) is 5.82 Å². The summed E-state index contributed by atoms with van der Waals surface area (Å²) >= 11 is 3.41. The second-order valence-corrected chi connectivity index (χ2v) is 4.77. The van der Waals surface area contributed by atoms with Gasteiger partial charge in [-0.2, -0.15) is 0 Å². The van der Waals surface area contributed by atoms with E-state index in [0.29, 0.717) is 0 Å². The fourth-order valence-electron chi connectivity index (χ4n) is 1.53. The normalized spacial score (nSPS) is 17.9. The lowest BCUT2D eigenvalue weighted by molar-refractivity contribution is 0.535. The lowest BCUT2D eigenvalue weighted by Crippen LogP contribution is -2.14. The Bertz CT molecular complexity index is 312. The van der Waals surface area contributed by atoms with Gasteiger partial charge in [-0.3, -0.25) is 0 Å². The van der Waals surface area contributed by atoms with E-state index in [1.54, 1.807) is 12.5 Å². The van der Waals surface area contributed by atoms with Crippen molar-refractivity contribution in [1.82, 2.24) is 9.97 Å². The predicted molar refractivity (Wildman–Crippen MR) is 60.1 cm³/mol. The number of nitrogens with zero attached hydrogens (tertiary/aromatic N) is 2. The standard InChI is InChI=1S/C10H14BrN3/c1-7(8-2-3-8)4-13-10-9(11)5-12-6-14-10/h5-8H,2-4H2,1H3,(H,12,13,14). The lowest BCUT2D eigenvalue weighted by Gasteiger charge is -2.12. The molecule has 1 unspecified atom stereocenters. The van der Waals surface area contributed by atoms with Crippen molar-refractivity contribution in [2.75, 3.05) is 11.9 Å². The highest BCUT2D eigenvalue weighted by molar-refractivity contribution is 9.10. The molecule has 1 aliphatic rings. The van der Waals surface area contributed by atoms with E-state index in [-0.39, 0.29) is 0 Å². The Labute approximate surface area is 92.5 Å². The molecule has 1 atom stereocenters. The molecule has 1 aliphatic carbocycles. The number of hydrogen-bond donors (Lipinski definition) is 1. The Balaban J connectivity index is 1.87. The SMILES string of the molecule is CC(CNc1ncncc1Br)C1CC1. The molecule has 0 radical (unpaired) electrons. The Hall–Kier alpha value is -0.640. The molecule has 1 saturated carbocycles. The number of anilines is 1. The summed E-state index contributed by atoms with van der Waals surface area (Å²) in [5.41, 5.74) is 0. The van der Waals surface area contributed by atoms with Gasteiger partial charge in [-0.1, -0.05) is 6.92 Å². The second kappa shape index (κ2) is 4.26. The van der Waals surface area contributed by atoms with Crippen molar-refractivity contribution >= 4 is 21.7 Å². The molecule has 4 heteroatoms. The van der Waals surface area contributed by atoms with Gasteiger partial charge < -0.3 is 5.32 Å². The van der Waals surface area contributed by atoms with Crippen molar-refractivity contribution in [2.24, 2.45) is 11.8 Å². The van der Waals surface area contributed by atoms with Crippen molar-refractivity contribution in [3.05, 3.63) is 17.0 Å². The first-order valence-corrected chi connectivity index (χ1v) is 5.76. The molecule has 2 rings (SSSR count). The summed E-state index contributed by atoms with van der Waals surface area (Å²) in [5.74, 6) is 2.58. The zero-order valence-corrected chi connectivity index (χ0v) is 9.79. The van der Waals surface area contributed by atoms with Crippen LogP contribution in [0.5, 0.6) is 0 Å². The van der Waals surface area contributed by atoms with Crippen LogP contribution in [0.3, 0.4) is 0 Å². The van der Waals surface area contributed by atoms with Crippen LogP contribution in [0.1, 0.15) is 19.8 Å².